The molecule has 0 aliphatic carbocycles. The van der Waals surface area contributed by atoms with Crippen molar-refractivity contribution in [3.8, 4) is 0 Å². The summed E-state index contributed by atoms with van der Waals surface area (Å²) in [5, 5.41) is 6.00. The second-order valence-corrected chi connectivity index (χ2v) is 8.45. The van der Waals surface area contributed by atoms with Gasteiger partial charge in [0.25, 0.3) is 0 Å². The predicted octanol–water partition coefficient (Wildman–Crippen LogP) is 3.07. The molecule has 2 N–H and O–H groups in total. The number of nitrogens with one attached hydrogen (secondary N) is 2. The Morgan fingerprint density at radius 2 is 1.93 bits per heavy atom. The highest BCUT2D eigenvalue weighted by molar-refractivity contribution is 5.76. The Morgan fingerprint density at radius 3 is 2.61 bits per heavy atom. The number of hydrogen-bond acceptors (Lipinski definition) is 3. The number of likely N-dealkylation sites (tertiary alicyclic amines) is 1. The fraction of sp³-hybridized carbons (Fsp3) is 0.636. The van der Waals surface area contributed by atoms with Crippen LogP contribution >= 0.6 is 0 Å². The van der Waals surface area contributed by atoms with E-state index >= 15 is 0 Å². The lowest BCUT2D eigenvalue weighted by atomic mass is 9.78. The third kappa shape index (κ3) is 5.71. The first-order chi connectivity index (χ1) is 13.5. The number of hydrogen-bond donors (Lipinski definition) is 2. The third-order valence-electron chi connectivity index (χ3n) is 5.78. The Balaban J connectivity index is 1.45. The zero-order valence-corrected chi connectivity index (χ0v) is 17.1. The monoisotopic (exact) mass is 387 g/mol. The first-order valence-electron chi connectivity index (χ1n) is 10.5. The van der Waals surface area contributed by atoms with Gasteiger partial charge in [0.2, 0.25) is 5.91 Å². The fourth-order valence-electron chi connectivity index (χ4n) is 4.24. The van der Waals surface area contributed by atoms with Crippen LogP contribution in [-0.4, -0.2) is 48.2 Å². The summed E-state index contributed by atoms with van der Waals surface area (Å²) in [6.45, 7) is 6.65. The van der Waals surface area contributed by atoms with E-state index in [0.29, 0.717) is 38.6 Å². The molecular weight excluding hydrogens is 354 g/mol. The lowest BCUT2D eigenvalue weighted by Gasteiger charge is -2.46. The van der Waals surface area contributed by atoms with Crippen molar-refractivity contribution in [1.82, 2.24) is 15.5 Å². The van der Waals surface area contributed by atoms with Crippen molar-refractivity contribution in [3.05, 3.63) is 35.9 Å². The van der Waals surface area contributed by atoms with E-state index in [4.69, 9.17) is 4.74 Å². The van der Waals surface area contributed by atoms with Gasteiger partial charge in [-0.1, -0.05) is 30.3 Å². The Labute approximate surface area is 168 Å². The Bertz CT molecular complexity index is 654. The van der Waals surface area contributed by atoms with E-state index in [9.17, 15) is 9.59 Å². The van der Waals surface area contributed by atoms with Gasteiger partial charge < -0.3 is 20.3 Å². The van der Waals surface area contributed by atoms with Crippen molar-refractivity contribution in [1.29, 1.82) is 0 Å². The molecule has 1 atom stereocenters. The second-order valence-electron chi connectivity index (χ2n) is 8.45. The number of ether oxygens (including phenoxy) is 1. The third-order valence-corrected chi connectivity index (χ3v) is 5.78. The molecule has 2 heterocycles. The number of benzene rings is 1. The van der Waals surface area contributed by atoms with E-state index < -0.39 is 0 Å². The van der Waals surface area contributed by atoms with Crippen LogP contribution in [-0.2, 0) is 16.1 Å². The number of nitrogens with zero attached hydrogens (tertiary/aromatic N) is 1. The molecule has 2 fully saturated rings. The molecule has 2 aliphatic heterocycles. The van der Waals surface area contributed by atoms with Gasteiger partial charge in [-0.25, -0.2) is 4.79 Å². The van der Waals surface area contributed by atoms with Crippen LogP contribution in [0.25, 0.3) is 0 Å². The maximum absolute atomic E-state index is 12.4. The van der Waals surface area contributed by atoms with E-state index in [-0.39, 0.29) is 23.6 Å². The van der Waals surface area contributed by atoms with Gasteiger partial charge in [-0.2, -0.15) is 0 Å². The van der Waals surface area contributed by atoms with Crippen molar-refractivity contribution in [2.75, 3.05) is 19.7 Å². The minimum atomic E-state index is -0.169. The van der Waals surface area contributed by atoms with Gasteiger partial charge in [-0.15, -0.1) is 0 Å². The van der Waals surface area contributed by atoms with Gasteiger partial charge in [-0.05, 0) is 51.0 Å². The van der Waals surface area contributed by atoms with Crippen LogP contribution in [0.3, 0.4) is 0 Å². The molecule has 1 spiro atoms. The summed E-state index contributed by atoms with van der Waals surface area (Å²) in [6.07, 6.45) is 4.08. The molecule has 6 heteroatoms. The van der Waals surface area contributed by atoms with Crippen molar-refractivity contribution < 1.29 is 14.3 Å². The predicted molar refractivity (Wildman–Crippen MR) is 109 cm³/mol. The molecule has 28 heavy (non-hydrogen) atoms. The number of amides is 3. The molecule has 3 rings (SSSR count). The molecule has 1 aromatic carbocycles. The van der Waals surface area contributed by atoms with Crippen LogP contribution in [0.2, 0.25) is 0 Å². The van der Waals surface area contributed by atoms with Crippen LogP contribution in [0.5, 0.6) is 0 Å². The largest absolute Gasteiger partial charge is 0.375 e. The zero-order valence-electron chi connectivity index (χ0n) is 17.1. The number of rotatable bonds is 5. The molecule has 1 unspecified atom stereocenters. The molecule has 0 aromatic heterocycles. The van der Waals surface area contributed by atoms with Gasteiger partial charge >= 0.3 is 6.03 Å². The highest BCUT2D eigenvalue weighted by atomic mass is 16.5. The minimum Gasteiger partial charge on any atom is -0.375 e. The van der Waals surface area contributed by atoms with Crippen molar-refractivity contribution in [2.45, 2.75) is 64.1 Å². The van der Waals surface area contributed by atoms with Crippen LogP contribution in [0.15, 0.2) is 30.3 Å². The van der Waals surface area contributed by atoms with Gasteiger partial charge in [0.1, 0.15) is 0 Å². The summed E-state index contributed by atoms with van der Waals surface area (Å²) in [6, 6.07) is 10.1. The van der Waals surface area contributed by atoms with Crippen molar-refractivity contribution in [3.63, 3.8) is 0 Å². The smallest absolute Gasteiger partial charge is 0.317 e. The molecule has 0 radical (unpaired) electrons. The standard InChI is InChI=1S/C22H33N3O3/c1-17(2)24-21(27)25-11-9-22(10-12-25)15-19(8-13-28-22)14-20(26)23-16-18-6-4-3-5-7-18/h3-7,17,19H,8-16H2,1-2H3,(H,23,26)(H,24,27). The Morgan fingerprint density at radius 1 is 1.21 bits per heavy atom. The highest BCUT2D eigenvalue weighted by Crippen LogP contribution is 2.38. The normalized spacial score (nSPS) is 21.5. The summed E-state index contributed by atoms with van der Waals surface area (Å²) in [5.41, 5.74) is 0.948. The first-order valence-corrected chi connectivity index (χ1v) is 10.5. The van der Waals surface area contributed by atoms with E-state index in [2.05, 4.69) is 10.6 Å². The summed E-state index contributed by atoms with van der Waals surface area (Å²) in [7, 11) is 0. The molecular formula is C22H33N3O3. The maximum Gasteiger partial charge on any atom is 0.317 e. The van der Waals surface area contributed by atoms with Gasteiger partial charge in [0, 0.05) is 38.7 Å². The fourth-order valence-corrected chi connectivity index (χ4v) is 4.24. The number of carbonyl (C=O) groups excluding carboxylic acids is 2. The second kappa shape index (κ2) is 9.41. The summed E-state index contributed by atoms with van der Waals surface area (Å²) < 4.78 is 6.17. The van der Waals surface area contributed by atoms with Crippen molar-refractivity contribution >= 4 is 11.9 Å². The van der Waals surface area contributed by atoms with Crippen LogP contribution in [0.1, 0.15) is 51.5 Å². The summed E-state index contributed by atoms with van der Waals surface area (Å²) >= 11 is 0. The lowest BCUT2D eigenvalue weighted by Crippen LogP contribution is -2.53. The number of carbonyl (C=O) groups is 2. The van der Waals surface area contributed by atoms with Gasteiger partial charge in [0.05, 0.1) is 5.60 Å². The SMILES string of the molecule is CC(C)NC(=O)N1CCC2(CC1)CC(CC(=O)NCc1ccccc1)CCO2. The molecule has 1 aromatic rings. The topological polar surface area (TPSA) is 70.7 Å². The molecule has 2 saturated heterocycles. The average Bonchev–Trinajstić information content (AvgIpc) is 2.67. The highest BCUT2D eigenvalue weighted by Gasteiger charge is 2.41. The van der Waals surface area contributed by atoms with E-state index in [0.717, 1.165) is 31.2 Å². The average molecular weight is 388 g/mol. The number of urea groups is 1. The van der Waals surface area contributed by atoms with Crippen LogP contribution in [0.4, 0.5) is 4.79 Å². The lowest BCUT2D eigenvalue weighted by molar-refractivity contribution is -0.134. The summed E-state index contributed by atoms with van der Waals surface area (Å²) in [4.78, 5) is 26.5. The van der Waals surface area contributed by atoms with E-state index in [1.54, 1.807) is 0 Å². The van der Waals surface area contributed by atoms with Gasteiger partial charge in [-0.3, -0.25) is 4.79 Å². The molecule has 3 amide bonds. The Kier molecular flexibility index (Phi) is 6.94. The van der Waals surface area contributed by atoms with Crippen LogP contribution in [0, 0.1) is 5.92 Å². The zero-order chi connectivity index (χ0) is 20.0. The quantitative estimate of drug-likeness (QED) is 0.816. The molecule has 0 bridgehead atoms. The van der Waals surface area contributed by atoms with Gasteiger partial charge in [0.15, 0.2) is 0 Å². The summed E-state index contributed by atoms with van der Waals surface area (Å²) in [5.74, 6) is 0.459. The van der Waals surface area contributed by atoms with Crippen LogP contribution < -0.4 is 10.6 Å². The maximum atomic E-state index is 12.4. The Hall–Kier alpha value is -2.08. The van der Waals surface area contributed by atoms with E-state index in [1.165, 1.54) is 0 Å². The molecule has 2 aliphatic rings. The molecule has 154 valence electrons. The molecule has 6 nitrogen and oxygen atoms in total. The van der Waals surface area contributed by atoms with Crippen molar-refractivity contribution in [2.24, 2.45) is 5.92 Å². The molecule has 0 saturated carbocycles. The van der Waals surface area contributed by atoms with E-state index in [1.807, 2.05) is 49.1 Å². The minimum absolute atomic E-state index is 0.0116. The first kappa shape index (κ1) is 20.6. The number of piperidine rings is 1.